The molecule has 1 rings (SSSR count). The van der Waals surface area contributed by atoms with Crippen molar-refractivity contribution in [3.63, 3.8) is 0 Å². The highest BCUT2D eigenvalue weighted by Gasteiger charge is 2.49. The van der Waals surface area contributed by atoms with Gasteiger partial charge in [0, 0.05) is 6.04 Å². The lowest BCUT2D eigenvalue weighted by Crippen LogP contribution is -2.66. The van der Waals surface area contributed by atoms with Crippen LogP contribution in [-0.4, -0.2) is 62.1 Å². The minimum absolute atomic E-state index is 0.150. The molecule has 0 unspecified atom stereocenters. The Morgan fingerprint density at radius 3 is 2.23 bits per heavy atom. The lowest BCUT2D eigenvalue weighted by atomic mass is 9.77. The molecule has 78 valence electrons. The molecule has 0 saturated heterocycles. The van der Waals surface area contributed by atoms with Crippen LogP contribution in [0.3, 0.4) is 0 Å². The Labute approximate surface area is 75.2 Å². The van der Waals surface area contributed by atoms with E-state index >= 15 is 0 Å². The average Bonchev–Trinajstić information content (AvgIpc) is 2.12. The number of hydrogen-bond donors (Lipinski definition) is 6. The minimum atomic E-state index is -1.82. The summed E-state index contributed by atoms with van der Waals surface area (Å²) < 4.78 is 0. The van der Waals surface area contributed by atoms with Gasteiger partial charge in [-0.1, -0.05) is 0 Å². The molecule has 0 aliphatic heterocycles. The molecule has 0 amide bonds. The Balaban J connectivity index is 2.82. The van der Waals surface area contributed by atoms with E-state index in [0.29, 0.717) is 0 Å². The normalized spacial score (nSPS) is 52.2. The van der Waals surface area contributed by atoms with Gasteiger partial charge in [0.05, 0.1) is 12.7 Å². The van der Waals surface area contributed by atoms with Crippen LogP contribution in [0.4, 0.5) is 0 Å². The van der Waals surface area contributed by atoms with E-state index < -0.39 is 36.6 Å². The summed E-state index contributed by atoms with van der Waals surface area (Å²) in [7, 11) is 0. The van der Waals surface area contributed by atoms with E-state index in [4.69, 9.17) is 10.8 Å². The van der Waals surface area contributed by atoms with Crippen LogP contribution < -0.4 is 5.73 Å². The van der Waals surface area contributed by atoms with Crippen LogP contribution in [-0.2, 0) is 0 Å². The predicted molar refractivity (Wildman–Crippen MR) is 42.6 cm³/mol. The summed E-state index contributed by atoms with van der Waals surface area (Å²) in [4.78, 5) is 0. The third kappa shape index (κ3) is 1.69. The van der Waals surface area contributed by atoms with Crippen molar-refractivity contribution >= 4 is 0 Å². The van der Waals surface area contributed by atoms with Crippen LogP contribution in [0.15, 0.2) is 0 Å². The molecule has 5 atom stereocenters. The Morgan fingerprint density at radius 2 is 1.77 bits per heavy atom. The van der Waals surface area contributed by atoms with Crippen LogP contribution in [0.2, 0.25) is 0 Å². The van der Waals surface area contributed by atoms with Crippen LogP contribution in [0, 0.1) is 0 Å². The molecule has 1 aliphatic carbocycles. The fourth-order valence-corrected chi connectivity index (χ4v) is 1.57. The maximum atomic E-state index is 9.56. The zero-order chi connectivity index (χ0) is 10.2. The Morgan fingerprint density at radius 1 is 1.23 bits per heavy atom. The number of rotatable bonds is 1. The maximum absolute atomic E-state index is 9.56. The highest BCUT2D eigenvalue weighted by atomic mass is 16.4. The van der Waals surface area contributed by atoms with Gasteiger partial charge in [-0.15, -0.1) is 0 Å². The standard InChI is InChI=1S/C7H15NO5/c8-3-1-7(13,2-9)6(12)5(11)4(3)10/h3-6,9-13H,1-2,8H2/t3-,4+,5-,6+,7+/m1/s1. The smallest absolute Gasteiger partial charge is 0.118 e. The van der Waals surface area contributed by atoms with Gasteiger partial charge in [-0.25, -0.2) is 0 Å². The molecule has 13 heavy (non-hydrogen) atoms. The quantitative estimate of drug-likeness (QED) is 0.257. The number of aliphatic hydroxyl groups is 5. The van der Waals surface area contributed by atoms with Gasteiger partial charge in [-0.3, -0.25) is 0 Å². The predicted octanol–water partition coefficient (Wildman–Crippen LogP) is -3.48. The van der Waals surface area contributed by atoms with E-state index in [2.05, 4.69) is 0 Å². The van der Waals surface area contributed by atoms with Crippen molar-refractivity contribution in [2.24, 2.45) is 5.73 Å². The zero-order valence-electron chi connectivity index (χ0n) is 7.04. The third-order valence-corrected chi connectivity index (χ3v) is 2.53. The summed E-state index contributed by atoms with van der Waals surface area (Å²) in [6.07, 6.45) is -4.53. The molecule has 1 saturated carbocycles. The SMILES string of the molecule is N[C@@H]1C[C@](O)(CO)[C@@H](O)[C@H](O)[C@H]1O. The van der Waals surface area contributed by atoms with E-state index in [9.17, 15) is 20.4 Å². The summed E-state index contributed by atoms with van der Waals surface area (Å²) in [5.41, 5.74) is 3.57. The van der Waals surface area contributed by atoms with Crippen molar-refractivity contribution < 1.29 is 25.5 Å². The molecule has 7 N–H and O–H groups in total. The summed E-state index contributed by atoms with van der Waals surface area (Å²) in [6, 6.07) is -0.851. The maximum Gasteiger partial charge on any atom is 0.118 e. The van der Waals surface area contributed by atoms with Crippen molar-refractivity contribution in [3.8, 4) is 0 Å². The van der Waals surface area contributed by atoms with E-state index in [-0.39, 0.29) is 6.42 Å². The van der Waals surface area contributed by atoms with Crippen molar-refractivity contribution in [1.29, 1.82) is 0 Å². The Hall–Kier alpha value is -0.240. The van der Waals surface area contributed by atoms with Gasteiger partial charge in [0.15, 0.2) is 0 Å². The van der Waals surface area contributed by atoms with Crippen molar-refractivity contribution in [2.75, 3.05) is 6.61 Å². The second kappa shape index (κ2) is 3.49. The Kier molecular flexibility index (Phi) is 2.91. The summed E-state index contributed by atoms with van der Waals surface area (Å²) >= 11 is 0. The molecule has 0 bridgehead atoms. The molecule has 6 heteroatoms. The number of nitrogens with two attached hydrogens (primary N) is 1. The van der Waals surface area contributed by atoms with E-state index in [1.165, 1.54) is 0 Å². The van der Waals surface area contributed by atoms with Crippen molar-refractivity contribution in [2.45, 2.75) is 36.4 Å². The highest BCUT2D eigenvalue weighted by Crippen LogP contribution is 2.28. The topological polar surface area (TPSA) is 127 Å². The fourth-order valence-electron chi connectivity index (χ4n) is 1.57. The molecule has 0 spiro atoms. The van der Waals surface area contributed by atoms with Gasteiger partial charge in [-0.2, -0.15) is 0 Å². The second-order valence-corrected chi connectivity index (χ2v) is 3.56. The van der Waals surface area contributed by atoms with Gasteiger partial charge in [0.25, 0.3) is 0 Å². The molecule has 0 aromatic rings. The van der Waals surface area contributed by atoms with E-state index in [1.807, 2.05) is 0 Å². The zero-order valence-corrected chi connectivity index (χ0v) is 7.04. The lowest BCUT2D eigenvalue weighted by molar-refractivity contribution is -0.203. The molecule has 0 radical (unpaired) electrons. The molecular weight excluding hydrogens is 178 g/mol. The second-order valence-electron chi connectivity index (χ2n) is 3.56. The number of hydrogen-bond acceptors (Lipinski definition) is 6. The largest absolute Gasteiger partial charge is 0.393 e. The van der Waals surface area contributed by atoms with Crippen LogP contribution in [0.1, 0.15) is 6.42 Å². The molecule has 0 aromatic carbocycles. The molecule has 1 aliphatic rings. The average molecular weight is 193 g/mol. The lowest BCUT2D eigenvalue weighted by Gasteiger charge is -2.43. The fraction of sp³-hybridized carbons (Fsp3) is 1.00. The third-order valence-electron chi connectivity index (χ3n) is 2.53. The minimum Gasteiger partial charge on any atom is -0.393 e. The first-order chi connectivity index (χ1) is 5.92. The summed E-state index contributed by atoms with van der Waals surface area (Å²) in [6.45, 7) is -0.703. The van der Waals surface area contributed by atoms with Gasteiger partial charge in [0.1, 0.15) is 17.8 Å². The van der Waals surface area contributed by atoms with Crippen LogP contribution >= 0.6 is 0 Å². The first kappa shape index (κ1) is 10.8. The molecule has 6 nitrogen and oxygen atoms in total. The molecule has 0 heterocycles. The first-order valence-electron chi connectivity index (χ1n) is 4.05. The molecular formula is C7H15NO5. The molecule has 1 fully saturated rings. The van der Waals surface area contributed by atoms with Gasteiger partial charge in [-0.05, 0) is 6.42 Å². The summed E-state index contributed by atoms with van der Waals surface area (Å²) in [5.74, 6) is 0. The van der Waals surface area contributed by atoms with Gasteiger partial charge in [0.2, 0.25) is 0 Å². The first-order valence-corrected chi connectivity index (χ1v) is 4.05. The molecule has 0 aromatic heterocycles. The van der Waals surface area contributed by atoms with Crippen molar-refractivity contribution in [1.82, 2.24) is 0 Å². The van der Waals surface area contributed by atoms with E-state index in [0.717, 1.165) is 0 Å². The summed E-state index contributed by atoms with van der Waals surface area (Å²) in [5, 5.41) is 46.1. The van der Waals surface area contributed by atoms with E-state index in [1.54, 1.807) is 0 Å². The van der Waals surface area contributed by atoms with Gasteiger partial charge < -0.3 is 31.3 Å². The monoisotopic (exact) mass is 193 g/mol. The van der Waals surface area contributed by atoms with Crippen LogP contribution in [0.5, 0.6) is 0 Å². The number of aliphatic hydroxyl groups excluding tert-OH is 4. The Bertz CT molecular complexity index is 190. The van der Waals surface area contributed by atoms with Crippen LogP contribution in [0.25, 0.3) is 0 Å². The highest BCUT2D eigenvalue weighted by molar-refractivity contribution is 5.03. The van der Waals surface area contributed by atoms with Gasteiger partial charge >= 0.3 is 0 Å². The van der Waals surface area contributed by atoms with Crippen molar-refractivity contribution in [3.05, 3.63) is 0 Å².